The molecule has 0 amide bonds. The van der Waals surface area contributed by atoms with Crippen molar-refractivity contribution < 1.29 is 28.6 Å². The molecule has 0 unspecified atom stereocenters. The van der Waals surface area contributed by atoms with Crippen molar-refractivity contribution in [1.82, 2.24) is 4.98 Å². The van der Waals surface area contributed by atoms with Gasteiger partial charge in [0.25, 0.3) is 0 Å². The zero-order valence-electron chi connectivity index (χ0n) is 16.1. The van der Waals surface area contributed by atoms with E-state index in [1.54, 1.807) is 39.0 Å². The molecule has 0 bridgehead atoms. The molecule has 0 aliphatic rings. The van der Waals surface area contributed by atoms with Gasteiger partial charge in [-0.1, -0.05) is 6.07 Å². The maximum atomic E-state index is 12.5. The summed E-state index contributed by atoms with van der Waals surface area (Å²) < 4.78 is 15.3. The summed E-state index contributed by atoms with van der Waals surface area (Å²) >= 11 is 0. The number of ketones is 1. The molecule has 2 aromatic rings. The Kier molecular flexibility index (Phi) is 6.39. The number of ether oxygens (including phenoxy) is 3. The first kappa shape index (κ1) is 20.2. The Hall–Kier alpha value is -3.09. The predicted octanol–water partition coefficient (Wildman–Crippen LogP) is 3.16. The van der Waals surface area contributed by atoms with Gasteiger partial charge in [-0.3, -0.25) is 4.79 Å². The van der Waals surface area contributed by atoms with Crippen molar-refractivity contribution in [2.75, 3.05) is 20.3 Å². The average Bonchev–Trinajstić information content (AvgIpc) is 2.94. The number of esters is 2. The summed E-state index contributed by atoms with van der Waals surface area (Å²) in [6.07, 6.45) is 0. The molecule has 1 heterocycles. The molecule has 2 rings (SSSR count). The lowest BCUT2D eigenvalue weighted by atomic mass is 10.1. The van der Waals surface area contributed by atoms with Crippen molar-refractivity contribution in [3.8, 4) is 5.75 Å². The van der Waals surface area contributed by atoms with E-state index >= 15 is 0 Å². The van der Waals surface area contributed by atoms with Crippen LogP contribution in [0.15, 0.2) is 18.2 Å². The molecule has 144 valence electrons. The summed E-state index contributed by atoms with van der Waals surface area (Å²) in [5.41, 5.74) is 2.73. The lowest BCUT2D eigenvalue weighted by molar-refractivity contribution is 0.0472. The van der Waals surface area contributed by atoms with Crippen LogP contribution < -0.4 is 4.74 Å². The Morgan fingerprint density at radius 1 is 1.04 bits per heavy atom. The standard InChI is InChI=1S/C20H23NO6/c1-6-26-20(24)18-12(3)17(13(4)21-18)15(22)10-27-19(23)14-8-7-11(2)16(9-14)25-5/h7-9,21H,6,10H2,1-5H3. The number of hydrogen-bond donors (Lipinski definition) is 1. The number of rotatable bonds is 7. The fourth-order valence-electron chi connectivity index (χ4n) is 2.81. The topological polar surface area (TPSA) is 94.7 Å². The first-order chi connectivity index (χ1) is 12.8. The van der Waals surface area contributed by atoms with Crippen molar-refractivity contribution in [3.63, 3.8) is 0 Å². The second-order valence-corrected chi connectivity index (χ2v) is 6.03. The number of Topliss-reactive ketones (excluding diaryl/α,β-unsaturated/α-hetero) is 1. The van der Waals surface area contributed by atoms with Crippen molar-refractivity contribution in [2.45, 2.75) is 27.7 Å². The van der Waals surface area contributed by atoms with Crippen molar-refractivity contribution in [1.29, 1.82) is 0 Å². The maximum absolute atomic E-state index is 12.5. The van der Waals surface area contributed by atoms with E-state index in [9.17, 15) is 14.4 Å². The average molecular weight is 373 g/mol. The molecule has 27 heavy (non-hydrogen) atoms. The van der Waals surface area contributed by atoms with Crippen LogP contribution in [0.4, 0.5) is 0 Å². The van der Waals surface area contributed by atoms with Gasteiger partial charge in [-0.15, -0.1) is 0 Å². The summed E-state index contributed by atoms with van der Waals surface area (Å²) in [4.78, 5) is 39.5. The SMILES string of the molecule is CCOC(=O)c1[nH]c(C)c(C(=O)COC(=O)c2ccc(C)c(OC)c2)c1C. The third-order valence-electron chi connectivity index (χ3n) is 4.17. The third-order valence-corrected chi connectivity index (χ3v) is 4.17. The Morgan fingerprint density at radius 2 is 1.74 bits per heavy atom. The zero-order valence-corrected chi connectivity index (χ0v) is 16.1. The molecule has 7 nitrogen and oxygen atoms in total. The Bertz CT molecular complexity index is 881. The largest absolute Gasteiger partial charge is 0.496 e. The fraction of sp³-hybridized carbons (Fsp3) is 0.350. The monoisotopic (exact) mass is 373 g/mol. The number of H-pyrrole nitrogens is 1. The first-order valence-electron chi connectivity index (χ1n) is 8.51. The van der Waals surface area contributed by atoms with E-state index in [2.05, 4.69) is 4.98 Å². The molecule has 0 saturated heterocycles. The van der Waals surface area contributed by atoms with Crippen molar-refractivity contribution in [2.24, 2.45) is 0 Å². The molecular formula is C20H23NO6. The van der Waals surface area contributed by atoms with Crippen LogP contribution in [0, 0.1) is 20.8 Å². The Labute approximate surface area is 157 Å². The van der Waals surface area contributed by atoms with Crippen LogP contribution in [0.5, 0.6) is 5.75 Å². The lowest BCUT2D eigenvalue weighted by Gasteiger charge is -2.08. The Morgan fingerprint density at radius 3 is 2.37 bits per heavy atom. The predicted molar refractivity (Wildman–Crippen MR) is 98.6 cm³/mol. The van der Waals surface area contributed by atoms with Gasteiger partial charge in [0.2, 0.25) is 5.78 Å². The number of aromatic nitrogens is 1. The number of aryl methyl sites for hydroxylation is 2. The fourth-order valence-corrected chi connectivity index (χ4v) is 2.81. The quantitative estimate of drug-likeness (QED) is 0.592. The molecule has 1 aromatic carbocycles. The van der Waals surface area contributed by atoms with E-state index in [1.807, 2.05) is 6.92 Å². The van der Waals surface area contributed by atoms with E-state index in [0.29, 0.717) is 28.1 Å². The van der Waals surface area contributed by atoms with Crippen molar-refractivity contribution >= 4 is 17.7 Å². The first-order valence-corrected chi connectivity index (χ1v) is 8.51. The van der Waals surface area contributed by atoms with Gasteiger partial charge < -0.3 is 19.2 Å². The van der Waals surface area contributed by atoms with Gasteiger partial charge in [-0.2, -0.15) is 0 Å². The smallest absolute Gasteiger partial charge is 0.355 e. The lowest BCUT2D eigenvalue weighted by Crippen LogP contribution is -2.16. The highest BCUT2D eigenvalue weighted by Crippen LogP contribution is 2.21. The van der Waals surface area contributed by atoms with Crippen LogP contribution in [0.2, 0.25) is 0 Å². The highest BCUT2D eigenvalue weighted by atomic mass is 16.5. The summed E-state index contributed by atoms with van der Waals surface area (Å²) in [6, 6.07) is 4.91. The van der Waals surface area contributed by atoms with E-state index in [-0.39, 0.29) is 12.3 Å². The number of benzene rings is 1. The summed E-state index contributed by atoms with van der Waals surface area (Å²) in [5, 5.41) is 0. The number of nitrogens with one attached hydrogen (secondary N) is 1. The molecule has 0 atom stereocenters. The number of hydrogen-bond acceptors (Lipinski definition) is 6. The minimum absolute atomic E-state index is 0.229. The van der Waals surface area contributed by atoms with Crippen LogP contribution in [0.3, 0.4) is 0 Å². The van der Waals surface area contributed by atoms with Crippen LogP contribution in [-0.2, 0) is 9.47 Å². The molecule has 0 aliphatic heterocycles. The third kappa shape index (κ3) is 4.36. The van der Waals surface area contributed by atoms with Gasteiger partial charge in [0.1, 0.15) is 11.4 Å². The minimum atomic E-state index is -0.627. The summed E-state index contributed by atoms with van der Waals surface area (Å²) in [6.45, 7) is 6.68. The molecule has 1 N–H and O–H groups in total. The number of carbonyl (C=O) groups is 3. The van der Waals surface area contributed by atoms with Crippen molar-refractivity contribution in [3.05, 3.63) is 51.8 Å². The molecule has 0 radical (unpaired) electrons. The summed E-state index contributed by atoms with van der Waals surface area (Å²) in [5.74, 6) is -0.990. The molecule has 0 fully saturated rings. The molecule has 7 heteroatoms. The van der Waals surface area contributed by atoms with Gasteiger partial charge in [0, 0.05) is 11.3 Å². The van der Waals surface area contributed by atoms with E-state index in [0.717, 1.165) is 5.56 Å². The Balaban J connectivity index is 2.12. The number of methoxy groups -OCH3 is 1. The van der Waals surface area contributed by atoms with Crippen LogP contribution in [0.25, 0.3) is 0 Å². The van der Waals surface area contributed by atoms with Gasteiger partial charge in [-0.25, -0.2) is 9.59 Å². The van der Waals surface area contributed by atoms with Gasteiger partial charge in [-0.05, 0) is 51.0 Å². The molecule has 0 saturated carbocycles. The van der Waals surface area contributed by atoms with E-state index < -0.39 is 24.3 Å². The molecule has 0 aliphatic carbocycles. The minimum Gasteiger partial charge on any atom is -0.496 e. The summed E-state index contributed by atoms with van der Waals surface area (Å²) in [7, 11) is 1.51. The van der Waals surface area contributed by atoms with E-state index in [4.69, 9.17) is 14.2 Å². The zero-order chi connectivity index (χ0) is 20.1. The van der Waals surface area contributed by atoms with E-state index in [1.165, 1.54) is 7.11 Å². The van der Waals surface area contributed by atoms with Gasteiger partial charge in [0.05, 0.1) is 19.3 Å². The van der Waals surface area contributed by atoms with Crippen LogP contribution >= 0.6 is 0 Å². The molecule has 1 aromatic heterocycles. The highest BCUT2D eigenvalue weighted by molar-refractivity contribution is 6.04. The van der Waals surface area contributed by atoms with Crippen LogP contribution in [0.1, 0.15) is 54.9 Å². The van der Waals surface area contributed by atoms with Crippen LogP contribution in [-0.4, -0.2) is 43.0 Å². The normalized spacial score (nSPS) is 10.4. The second kappa shape index (κ2) is 8.53. The second-order valence-electron chi connectivity index (χ2n) is 6.03. The number of carbonyl (C=O) groups excluding carboxylic acids is 3. The molecular weight excluding hydrogens is 350 g/mol. The number of aromatic amines is 1. The van der Waals surface area contributed by atoms with Gasteiger partial charge >= 0.3 is 11.9 Å². The van der Waals surface area contributed by atoms with Gasteiger partial charge in [0.15, 0.2) is 6.61 Å². The molecule has 0 spiro atoms. The highest BCUT2D eigenvalue weighted by Gasteiger charge is 2.23. The maximum Gasteiger partial charge on any atom is 0.355 e.